The number of fused-ring (bicyclic) bond motifs is 3. The number of rotatable bonds is 5. The first-order valence-electron chi connectivity index (χ1n) is 16.3. The molecule has 0 fully saturated rings. The topological polar surface area (TPSA) is 35.0 Å². The number of pyridine rings is 2. The van der Waals surface area contributed by atoms with Crippen LogP contribution >= 0.6 is 0 Å². The van der Waals surface area contributed by atoms with E-state index in [2.05, 4.69) is 114 Å². The summed E-state index contributed by atoms with van der Waals surface area (Å²) >= 11 is 0. The van der Waals surface area contributed by atoms with Crippen LogP contribution in [0.1, 0.15) is 80.7 Å². The molecule has 242 valence electrons. The van der Waals surface area contributed by atoms with Crippen molar-refractivity contribution in [3.63, 3.8) is 0 Å². The molecule has 0 unspecified atom stereocenters. The molecule has 4 aromatic carbocycles. The second kappa shape index (κ2) is 12.6. The molecule has 0 radical (unpaired) electrons. The van der Waals surface area contributed by atoms with Crippen molar-refractivity contribution in [1.82, 2.24) is 9.97 Å². The predicted molar refractivity (Wildman–Crippen MR) is 191 cm³/mol. The van der Waals surface area contributed by atoms with Gasteiger partial charge in [-0.25, -0.2) is 0 Å². The van der Waals surface area contributed by atoms with Crippen LogP contribution in [0.15, 0.2) is 115 Å². The van der Waals surface area contributed by atoms with E-state index in [0.717, 1.165) is 28.2 Å². The Morgan fingerprint density at radius 1 is 0.625 bits per heavy atom. The Morgan fingerprint density at radius 2 is 1.23 bits per heavy atom. The van der Waals surface area contributed by atoms with Gasteiger partial charge in [0.1, 0.15) is 0 Å². The van der Waals surface area contributed by atoms with E-state index in [0.29, 0.717) is 11.5 Å². The van der Waals surface area contributed by atoms with Crippen LogP contribution < -0.4 is 4.74 Å². The minimum Gasteiger partial charge on any atom is -0.503 e. The van der Waals surface area contributed by atoms with Crippen LogP contribution in [0.2, 0.25) is 0 Å². The number of hydrogen-bond donors (Lipinski definition) is 0. The number of nitrogens with zero attached hydrogens (tertiary/aromatic N) is 2. The van der Waals surface area contributed by atoms with Crippen LogP contribution in [0.3, 0.4) is 0 Å². The summed E-state index contributed by atoms with van der Waals surface area (Å²) in [5.74, 6) is 1.24. The van der Waals surface area contributed by atoms with Gasteiger partial charge in [0.25, 0.3) is 0 Å². The second-order valence-electron chi connectivity index (χ2n) is 14.6. The molecule has 0 aliphatic heterocycles. The van der Waals surface area contributed by atoms with Gasteiger partial charge in [0.15, 0.2) is 0 Å². The van der Waals surface area contributed by atoms with Gasteiger partial charge < -0.3 is 9.72 Å². The van der Waals surface area contributed by atoms with Gasteiger partial charge in [-0.1, -0.05) is 102 Å². The van der Waals surface area contributed by atoms with Crippen molar-refractivity contribution in [1.29, 1.82) is 0 Å². The average molecular weight is 808 g/mol. The summed E-state index contributed by atoms with van der Waals surface area (Å²) in [5.41, 5.74) is 11.4. The minimum atomic E-state index is -0.704. The Morgan fingerprint density at radius 3 is 1.81 bits per heavy atom. The molecule has 0 saturated carbocycles. The largest absolute Gasteiger partial charge is 2.00 e. The number of aryl methyl sites for hydroxylation is 1. The molecule has 2 aromatic heterocycles. The number of ether oxygens (including phenoxy) is 1. The van der Waals surface area contributed by atoms with Crippen LogP contribution in [-0.2, 0) is 37.3 Å². The zero-order valence-electron chi connectivity index (χ0n) is 28.6. The number of aromatic nitrogens is 2. The molecule has 3 nitrogen and oxygen atoms in total. The summed E-state index contributed by atoms with van der Waals surface area (Å²) in [6.07, 6.45) is 1.90. The molecule has 0 atom stereocenters. The van der Waals surface area contributed by atoms with E-state index in [1.54, 1.807) is 0 Å². The van der Waals surface area contributed by atoms with Gasteiger partial charge in [-0.2, -0.15) is 12.1 Å². The SMILES string of the molecule is Cc1cccc(-c2[c-]c(Oc3[c-]c(C4(c5ccccn5)c5cc(C(C)(C)C)ccc5-c5ccc(C(C)(C)C)cc54)ccc3)ccc2)n1.[Pt+2]. The maximum absolute atomic E-state index is 6.52. The molecule has 48 heavy (non-hydrogen) atoms. The third kappa shape index (κ3) is 5.94. The van der Waals surface area contributed by atoms with E-state index in [1.165, 1.54) is 33.4 Å². The van der Waals surface area contributed by atoms with Gasteiger partial charge in [0.05, 0.1) is 11.1 Å². The smallest absolute Gasteiger partial charge is 0.503 e. The van der Waals surface area contributed by atoms with E-state index >= 15 is 0 Å². The third-order valence-corrected chi connectivity index (χ3v) is 9.24. The molecule has 0 N–H and O–H groups in total. The fraction of sp³-hybridized carbons (Fsp3) is 0.227. The molecular formula is C44H40N2OPt. The van der Waals surface area contributed by atoms with Gasteiger partial charge in [-0.15, -0.1) is 41.5 Å². The summed E-state index contributed by atoms with van der Waals surface area (Å²) in [7, 11) is 0. The van der Waals surface area contributed by atoms with Crippen molar-refractivity contribution in [2.75, 3.05) is 0 Å². The second-order valence-corrected chi connectivity index (χ2v) is 14.6. The van der Waals surface area contributed by atoms with E-state index in [4.69, 9.17) is 14.7 Å². The number of benzene rings is 4. The average Bonchev–Trinajstić information content (AvgIpc) is 3.35. The summed E-state index contributed by atoms with van der Waals surface area (Å²) in [4.78, 5) is 9.77. The van der Waals surface area contributed by atoms with Crippen molar-refractivity contribution in [3.05, 3.63) is 167 Å². The minimum absolute atomic E-state index is 0. The van der Waals surface area contributed by atoms with Gasteiger partial charge in [0, 0.05) is 23.4 Å². The molecule has 0 saturated heterocycles. The fourth-order valence-electron chi connectivity index (χ4n) is 6.74. The zero-order valence-corrected chi connectivity index (χ0v) is 30.9. The monoisotopic (exact) mass is 807 g/mol. The maximum Gasteiger partial charge on any atom is 2.00 e. The van der Waals surface area contributed by atoms with E-state index in [1.807, 2.05) is 61.7 Å². The maximum atomic E-state index is 6.52. The van der Waals surface area contributed by atoms with Crippen molar-refractivity contribution >= 4 is 0 Å². The van der Waals surface area contributed by atoms with Crippen molar-refractivity contribution in [3.8, 4) is 33.9 Å². The predicted octanol–water partition coefficient (Wildman–Crippen LogP) is 10.8. The van der Waals surface area contributed by atoms with Crippen LogP contribution in [0.5, 0.6) is 11.5 Å². The molecule has 1 aliphatic carbocycles. The van der Waals surface area contributed by atoms with Crippen molar-refractivity contribution < 1.29 is 25.8 Å². The zero-order chi connectivity index (χ0) is 33.0. The van der Waals surface area contributed by atoms with Gasteiger partial charge >= 0.3 is 21.1 Å². The Balaban J connectivity index is 0.00000401. The van der Waals surface area contributed by atoms with E-state index in [-0.39, 0.29) is 31.9 Å². The van der Waals surface area contributed by atoms with Gasteiger partial charge in [0.2, 0.25) is 0 Å². The summed E-state index contributed by atoms with van der Waals surface area (Å²) in [6, 6.07) is 45.5. The molecule has 7 rings (SSSR count). The van der Waals surface area contributed by atoms with E-state index in [9.17, 15) is 0 Å². The van der Waals surface area contributed by atoms with Crippen LogP contribution in [0.4, 0.5) is 0 Å². The normalized spacial score (nSPS) is 13.3. The molecule has 0 spiro atoms. The van der Waals surface area contributed by atoms with Gasteiger partial charge in [-0.05, 0) is 75.0 Å². The third-order valence-electron chi connectivity index (χ3n) is 9.24. The van der Waals surface area contributed by atoms with Crippen molar-refractivity contribution in [2.24, 2.45) is 0 Å². The quantitative estimate of drug-likeness (QED) is 0.163. The first-order chi connectivity index (χ1) is 22.4. The van der Waals surface area contributed by atoms with Crippen LogP contribution in [0.25, 0.3) is 22.4 Å². The summed E-state index contributed by atoms with van der Waals surface area (Å²) in [6.45, 7) is 15.6. The standard InChI is InChI=1S/C44H40N2O.Pt/c1-29-13-10-18-40(46-29)30-14-11-16-34(25-30)47-35-17-12-15-33(26-35)44(41-19-8-9-24-45-41)38-27-31(42(2,3)4)20-22-36(38)37-23-21-32(28-39(37)44)43(5,6)7;/h8-24,27-28H,1-7H3;/q-2;+2. The Kier molecular flexibility index (Phi) is 8.81. The van der Waals surface area contributed by atoms with Gasteiger partial charge in [-0.3, -0.25) is 4.98 Å². The summed E-state index contributed by atoms with van der Waals surface area (Å²) < 4.78 is 6.52. The molecule has 6 aromatic rings. The Labute approximate surface area is 299 Å². The van der Waals surface area contributed by atoms with Crippen LogP contribution in [0, 0.1) is 19.1 Å². The molecule has 0 amide bonds. The molecule has 4 heteroatoms. The first kappa shape index (κ1) is 33.6. The van der Waals surface area contributed by atoms with E-state index < -0.39 is 5.41 Å². The molecular weight excluding hydrogens is 768 g/mol. The molecule has 1 aliphatic rings. The Bertz CT molecular complexity index is 2040. The van der Waals surface area contributed by atoms with Crippen molar-refractivity contribution in [2.45, 2.75) is 64.7 Å². The first-order valence-corrected chi connectivity index (χ1v) is 16.3. The van der Waals surface area contributed by atoms with Crippen LogP contribution in [-0.4, -0.2) is 9.97 Å². The molecule has 2 heterocycles. The Hall–Kier alpha value is -4.33. The molecule has 0 bridgehead atoms. The fourth-order valence-corrected chi connectivity index (χ4v) is 6.74. The number of hydrogen-bond acceptors (Lipinski definition) is 3. The summed E-state index contributed by atoms with van der Waals surface area (Å²) in [5, 5.41) is 0.